The number of hydrogen-bond acceptors (Lipinski definition) is 3. The zero-order valence-electron chi connectivity index (χ0n) is 12.1. The summed E-state index contributed by atoms with van der Waals surface area (Å²) in [6.07, 6.45) is 2.50. The number of carboxylic acid groups (broad SMARTS) is 1. The summed E-state index contributed by atoms with van der Waals surface area (Å²) in [4.78, 5) is 36.8. The molecule has 0 radical (unpaired) electrons. The third-order valence-electron chi connectivity index (χ3n) is 3.56. The monoisotopic (exact) mass is 285 g/mol. The number of carbonyl (C=O) groups excluding carboxylic acids is 2. The molecule has 0 bridgehead atoms. The Kier molecular flexibility index (Phi) is 6.27. The molecular weight excluding hydrogens is 262 g/mol. The lowest BCUT2D eigenvalue weighted by Crippen LogP contribution is -2.47. The Morgan fingerprint density at radius 3 is 2.35 bits per heavy atom. The van der Waals surface area contributed by atoms with Gasteiger partial charge in [-0.05, 0) is 25.2 Å². The number of piperidine rings is 1. The van der Waals surface area contributed by atoms with Crippen LogP contribution in [0.5, 0.6) is 0 Å². The van der Waals surface area contributed by atoms with Crippen LogP contribution in [0.3, 0.4) is 0 Å². The normalized spacial score (nSPS) is 15.8. The molecule has 20 heavy (non-hydrogen) atoms. The highest BCUT2D eigenvalue weighted by molar-refractivity contribution is 5.83. The molecule has 1 heterocycles. The van der Waals surface area contributed by atoms with E-state index in [0.29, 0.717) is 25.4 Å². The fraction of sp³-hybridized carbons (Fsp3) is 0.769. The van der Waals surface area contributed by atoms with Crippen molar-refractivity contribution in [1.29, 1.82) is 0 Å². The van der Waals surface area contributed by atoms with Crippen LogP contribution in [0.15, 0.2) is 0 Å². The molecule has 0 spiro atoms. The summed E-state index contributed by atoms with van der Waals surface area (Å²) in [5, 5.41) is 11.2. The summed E-state index contributed by atoms with van der Waals surface area (Å²) in [6, 6.07) is -0.225. The van der Waals surface area contributed by atoms with E-state index in [1.807, 2.05) is 0 Å². The number of hydrogen-bond donors (Lipinski definition) is 2. The first-order valence-electron chi connectivity index (χ1n) is 6.85. The molecular formula is C13H23N3O4. The van der Waals surface area contributed by atoms with E-state index in [0.717, 1.165) is 12.8 Å². The van der Waals surface area contributed by atoms with Gasteiger partial charge >= 0.3 is 12.0 Å². The number of amides is 3. The van der Waals surface area contributed by atoms with Gasteiger partial charge in [0.1, 0.15) is 0 Å². The lowest BCUT2D eigenvalue weighted by Gasteiger charge is -2.31. The van der Waals surface area contributed by atoms with Crippen LogP contribution in [0.2, 0.25) is 0 Å². The van der Waals surface area contributed by atoms with E-state index < -0.39 is 5.97 Å². The maximum absolute atomic E-state index is 11.8. The molecule has 0 saturated carbocycles. The molecule has 0 unspecified atom stereocenters. The molecule has 3 amide bonds. The predicted molar refractivity (Wildman–Crippen MR) is 73.3 cm³/mol. The molecule has 114 valence electrons. The van der Waals surface area contributed by atoms with Crippen molar-refractivity contribution in [2.75, 3.05) is 33.7 Å². The number of urea groups is 1. The Balaban J connectivity index is 2.25. The van der Waals surface area contributed by atoms with Crippen molar-refractivity contribution in [3.8, 4) is 0 Å². The third kappa shape index (κ3) is 5.46. The Labute approximate surface area is 118 Å². The van der Waals surface area contributed by atoms with Crippen molar-refractivity contribution in [2.45, 2.75) is 25.7 Å². The molecule has 0 atom stereocenters. The van der Waals surface area contributed by atoms with Gasteiger partial charge in [-0.2, -0.15) is 0 Å². The van der Waals surface area contributed by atoms with Crippen LogP contribution in [-0.2, 0) is 9.59 Å². The number of likely N-dealkylation sites (N-methyl/N-ethyl adjacent to an activating group) is 1. The van der Waals surface area contributed by atoms with Crippen molar-refractivity contribution in [3.63, 3.8) is 0 Å². The van der Waals surface area contributed by atoms with Crippen molar-refractivity contribution < 1.29 is 19.5 Å². The molecule has 2 N–H and O–H groups in total. The number of carboxylic acids is 1. The smallest absolute Gasteiger partial charge is 0.317 e. The quantitative estimate of drug-likeness (QED) is 0.763. The molecule has 0 aliphatic carbocycles. The molecule has 7 nitrogen and oxygen atoms in total. The Morgan fingerprint density at radius 2 is 1.85 bits per heavy atom. The van der Waals surface area contributed by atoms with Crippen LogP contribution >= 0.6 is 0 Å². The first-order valence-corrected chi connectivity index (χ1v) is 6.85. The van der Waals surface area contributed by atoms with E-state index in [9.17, 15) is 14.4 Å². The first kappa shape index (κ1) is 16.3. The second-order valence-corrected chi connectivity index (χ2v) is 5.31. The zero-order chi connectivity index (χ0) is 15.1. The van der Waals surface area contributed by atoms with Gasteiger partial charge in [0.25, 0.3) is 0 Å². The fourth-order valence-electron chi connectivity index (χ4n) is 2.17. The summed E-state index contributed by atoms with van der Waals surface area (Å²) in [5.74, 6) is -0.541. The van der Waals surface area contributed by atoms with Crippen molar-refractivity contribution in [3.05, 3.63) is 0 Å². The summed E-state index contributed by atoms with van der Waals surface area (Å²) in [6.45, 7) is 1.24. The predicted octanol–water partition coefficient (Wildman–Crippen LogP) is 0.361. The third-order valence-corrected chi connectivity index (χ3v) is 3.56. The first-order chi connectivity index (χ1) is 9.40. The van der Waals surface area contributed by atoms with Gasteiger partial charge < -0.3 is 20.2 Å². The van der Waals surface area contributed by atoms with Crippen molar-refractivity contribution >= 4 is 17.9 Å². The average Bonchev–Trinajstić information content (AvgIpc) is 2.42. The SMILES string of the molecule is CN(C)C(=O)CNC(=O)N1CCC(CCC(=O)O)CC1. The summed E-state index contributed by atoms with van der Waals surface area (Å²) in [7, 11) is 3.28. The van der Waals surface area contributed by atoms with E-state index in [-0.39, 0.29) is 24.9 Å². The minimum Gasteiger partial charge on any atom is -0.481 e. The molecule has 0 aromatic rings. The van der Waals surface area contributed by atoms with Gasteiger partial charge in [-0.1, -0.05) is 0 Å². The van der Waals surface area contributed by atoms with Crippen molar-refractivity contribution in [2.24, 2.45) is 5.92 Å². The van der Waals surface area contributed by atoms with Crippen molar-refractivity contribution in [1.82, 2.24) is 15.1 Å². The summed E-state index contributed by atoms with van der Waals surface area (Å²) in [5.41, 5.74) is 0. The highest BCUT2D eigenvalue weighted by Crippen LogP contribution is 2.21. The number of rotatable bonds is 5. The van der Waals surface area contributed by atoms with Gasteiger partial charge in [0.05, 0.1) is 6.54 Å². The molecule has 1 rings (SSSR count). The molecule has 0 aromatic carbocycles. The number of nitrogens with zero attached hydrogens (tertiary/aromatic N) is 2. The van der Waals surface area contributed by atoms with E-state index in [1.54, 1.807) is 19.0 Å². The minimum absolute atomic E-state index is 0.00474. The molecule has 1 saturated heterocycles. The Bertz CT molecular complexity index is 363. The number of carbonyl (C=O) groups is 3. The highest BCUT2D eigenvalue weighted by Gasteiger charge is 2.23. The lowest BCUT2D eigenvalue weighted by molar-refractivity contribution is -0.137. The number of likely N-dealkylation sites (tertiary alicyclic amines) is 1. The van der Waals surface area contributed by atoms with Gasteiger partial charge in [-0.15, -0.1) is 0 Å². The highest BCUT2D eigenvalue weighted by atomic mass is 16.4. The van der Waals surface area contributed by atoms with Gasteiger partial charge in [-0.25, -0.2) is 4.79 Å². The zero-order valence-corrected chi connectivity index (χ0v) is 12.1. The summed E-state index contributed by atoms with van der Waals surface area (Å²) < 4.78 is 0. The molecule has 1 aliphatic heterocycles. The van der Waals surface area contributed by atoms with E-state index in [2.05, 4.69) is 5.32 Å². The second-order valence-electron chi connectivity index (χ2n) is 5.31. The van der Waals surface area contributed by atoms with Crippen LogP contribution in [0, 0.1) is 5.92 Å². The molecule has 0 aromatic heterocycles. The van der Waals surface area contributed by atoms with Crippen LogP contribution in [-0.4, -0.2) is 66.5 Å². The number of aliphatic carboxylic acids is 1. The average molecular weight is 285 g/mol. The van der Waals surface area contributed by atoms with Gasteiger partial charge in [0, 0.05) is 33.6 Å². The maximum Gasteiger partial charge on any atom is 0.317 e. The van der Waals surface area contributed by atoms with E-state index in [1.165, 1.54) is 4.90 Å². The number of nitrogens with one attached hydrogen (secondary N) is 1. The van der Waals surface area contributed by atoms with E-state index >= 15 is 0 Å². The van der Waals surface area contributed by atoms with Crippen LogP contribution in [0.4, 0.5) is 4.79 Å². The van der Waals surface area contributed by atoms with Crippen LogP contribution in [0.25, 0.3) is 0 Å². The van der Waals surface area contributed by atoms with Gasteiger partial charge in [0.2, 0.25) is 5.91 Å². The second kappa shape index (κ2) is 7.72. The molecule has 7 heteroatoms. The van der Waals surface area contributed by atoms with Gasteiger partial charge in [-0.3, -0.25) is 9.59 Å². The molecule has 1 fully saturated rings. The molecule has 1 aliphatic rings. The van der Waals surface area contributed by atoms with Gasteiger partial charge in [0.15, 0.2) is 0 Å². The summed E-state index contributed by atoms with van der Waals surface area (Å²) >= 11 is 0. The van der Waals surface area contributed by atoms with Crippen LogP contribution in [0.1, 0.15) is 25.7 Å². The Morgan fingerprint density at radius 1 is 1.25 bits per heavy atom. The van der Waals surface area contributed by atoms with E-state index in [4.69, 9.17) is 5.11 Å². The fourth-order valence-corrected chi connectivity index (χ4v) is 2.17. The largest absolute Gasteiger partial charge is 0.481 e. The topological polar surface area (TPSA) is 90.0 Å². The Hall–Kier alpha value is -1.79. The standard InChI is InChI=1S/C13H23N3O4/c1-15(2)11(17)9-14-13(20)16-7-5-10(6-8-16)3-4-12(18)19/h10H,3-9H2,1-2H3,(H,14,20)(H,18,19). The minimum atomic E-state index is -0.771. The van der Waals surface area contributed by atoms with Crippen LogP contribution < -0.4 is 5.32 Å². The lowest BCUT2D eigenvalue weighted by atomic mass is 9.92. The maximum atomic E-state index is 11.8.